The molecular weight excluding hydrogens is 416 g/mol. The fourth-order valence-electron chi connectivity index (χ4n) is 5.44. The first-order chi connectivity index (χ1) is 16.2. The molecule has 1 saturated heterocycles. The molecular formula is C31H44N2O. The summed E-state index contributed by atoms with van der Waals surface area (Å²) in [5, 5.41) is 15.2. The first kappa shape index (κ1) is 26.1. The van der Waals surface area contributed by atoms with E-state index in [-0.39, 0.29) is 17.0 Å². The molecule has 3 nitrogen and oxygen atoms in total. The lowest BCUT2D eigenvalue weighted by atomic mass is 9.71. The molecule has 0 amide bonds. The normalized spacial score (nSPS) is 20.4. The molecule has 1 unspecified atom stereocenters. The molecule has 0 radical (unpaired) electrons. The Bertz CT molecular complexity index is 970. The average molecular weight is 461 g/mol. The zero-order valence-corrected chi connectivity index (χ0v) is 22.1. The van der Waals surface area contributed by atoms with Gasteiger partial charge in [-0.2, -0.15) is 0 Å². The van der Waals surface area contributed by atoms with Crippen LogP contribution in [-0.4, -0.2) is 28.7 Å². The number of rotatable bonds is 9. The summed E-state index contributed by atoms with van der Waals surface area (Å²) in [7, 11) is 2.12. The molecule has 0 aliphatic carbocycles. The van der Waals surface area contributed by atoms with Crippen LogP contribution in [0.2, 0.25) is 0 Å². The molecule has 1 aliphatic heterocycles. The topological polar surface area (TPSA) is 35.5 Å². The van der Waals surface area contributed by atoms with Gasteiger partial charge in [0.25, 0.3) is 0 Å². The Morgan fingerprint density at radius 3 is 2.32 bits per heavy atom. The molecule has 2 atom stereocenters. The van der Waals surface area contributed by atoms with Crippen molar-refractivity contribution in [3.8, 4) is 0 Å². The lowest BCUT2D eigenvalue weighted by molar-refractivity contribution is 0.110. The minimum atomic E-state index is -0.573. The smallest absolute Gasteiger partial charge is 0.108 e. The van der Waals surface area contributed by atoms with E-state index >= 15 is 0 Å². The number of hydrogen-bond acceptors (Lipinski definition) is 3. The van der Waals surface area contributed by atoms with Crippen LogP contribution < -0.4 is 5.32 Å². The Morgan fingerprint density at radius 2 is 1.76 bits per heavy atom. The highest BCUT2D eigenvalue weighted by molar-refractivity contribution is 5.33. The quantitative estimate of drug-likeness (QED) is 0.421. The lowest BCUT2D eigenvalue weighted by Crippen LogP contribution is -2.53. The Hall–Kier alpha value is -2.52. The molecule has 2 N–H and O–H groups in total. The van der Waals surface area contributed by atoms with Crippen LogP contribution in [0.5, 0.6) is 0 Å². The van der Waals surface area contributed by atoms with Crippen LogP contribution in [0.15, 0.2) is 78.6 Å². The van der Waals surface area contributed by atoms with Crippen molar-refractivity contribution in [2.45, 2.75) is 89.8 Å². The van der Waals surface area contributed by atoms with E-state index in [0.717, 1.165) is 37.1 Å². The second-order valence-corrected chi connectivity index (χ2v) is 10.6. The number of aryl methyl sites for hydroxylation is 1. The van der Waals surface area contributed by atoms with Crippen molar-refractivity contribution in [3.05, 3.63) is 95.3 Å². The predicted molar refractivity (Wildman–Crippen MR) is 145 cm³/mol. The highest BCUT2D eigenvalue weighted by Crippen LogP contribution is 2.39. The summed E-state index contributed by atoms with van der Waals surface area (Å²) in [5.41, 5.74) is 4.85. The van der Waals surface area contributed by atoms with Crippen molar-refractivity contribution in [3.63, 3.8) is 0 Å². The molecule has 2 aromatic rings. The van der Waals surface area contributed by atoms with E-state index in [2.05, 4.69) is 113 Å². The van der Waals surface area contributed by atoms with Crippen molar-refractivity contribution in [1.29, 1.82) is 0 Å². The van der Waals surface area contributed by atoms with Gasteiger partial charge < -0.3 is 15.3 Å². The van der Waals surface area contributed by atoms with Gasteiger partial charge in [0, 0.05) is 18.2 Å². The summed E-state index contributed by atoms with van der Waals surface area (Å²) >= 11 is 0. The summed E-state index contributed by atoms with van der Waals surface area (Å²) in [6.45, 7) is 15.3. The van der Waals surface area contributed by atoms with Crippen LogP contribution in [0.1, 0.15) is 82.5 Å². The first-order valence-electron chi connectivity index (χ1n) is 12.8. The SMILES string of the molecule is C=C/C(=C1/N[C@H](c2ccccc2)CC(C)(C)N1C)C(O)CCC(CC)(CC)c1ccc(C)cc1. The minimum Gasteiger partial charge on any atom is -0.388 e. The third kappa shape index (κ3) is 5.41. The first-order valence-corrected chi connectivity index (χ1v) is 12.8. The second-order valence-electron chi connectivity index (χ2n) is 10.6. The molecule has 0 aromatic heterocycles. The van der Waals surface area contributed by atoms with Crippen molar-refractivity contribution in [2.24, 2.45) is 0 Å². The van der Waals surface area contributed by atoms with E-state index in [9.17, 15) is 5.11 Å². The van der Waals surface area contributed by atoms with Gasteiger partial charge in [-0.05, 0) is 69.4 Å². The molecule has 184 valence electrons. The Balaban J connectivity index is 1.88. The summed E-state index contributed by atoms with van der Waals surface area (Å²) < 4.78 is 0. The average Bonchev–Trinajstić information content (AvgIpc) is 2.84. The van der Waals surface area contributed by atoms with Gasteiger partial charge in [0.1, 0.15) is 5.82 Å². The third-order valence-corrected chi connectivity index (χ3v) is 8.23. The van der Waals surface area contributed by atoms with Crippen LogP contribution in [0.4, 0.5) is 0 Å². The molecule has 0 spiro atoms. The lowest BCUT2D eigenvalue weighted by Gasteiger charge is -2.48. The van der Waals surface area contributed by atoms with E-state index in [4.69, 9.17) is 0 Å². The van der Waals surface area contributed by atoms with Gasteiger partial charge in [-0.1, -0.05) is 86.7 Å². The summed E-state index contributed by atoms with van der Waals surface area (Å²) in [6.07, 6.45) is 6.01. The third-order valence-electron chi connectivity index (χ3n) is 8.23. The van der Waals surface area contributed by atoms with Crippen LogP contribution in [0.25, 0.3) is 0 Å². The minimum absolute atomic E-state index is 0.0481. The summed E-state index contributed by atoms with van der Waals surface area (Å²) in [4.78, 5) is 2.28. The summed E-state index contributed by atoms with van der Waals surface area (Å²) in [5.74, 6) is 0.988. The monoisotopic (exact) mass is 460 g/mol. The van der Waals surface area contributed by atoms with Gasteiger partial charge in [0.05, 0.1) is 12.1 Å². The maximum atomic E-state index is 11.5. The maximum Gasteiger partial charge on any atom is 0.108 e. The van der Waals surface area contributed by atoms with Gasteiger partial charge in [0.15, 0.2) is 0 Å². The second kappa shape index (κ2) is 10.8. The molecule has 3 rings (SSSR count). The number of nitrogens with one attached hydrogen (secondary N) is 1. The maximum absolute atomic E-state index is 11.5. The fraction of sp³-hybridized carbons (Fsp3) is 0.484. The van der Waals surface area contributed by atoms with Gasteiger partial charge in [-0.15, -0.1) is 0 Å². The van der Waals surface area contributed by atoms with Crippen molar-refractivity contribution >= 4 is 0 Å². The Kier molecular flexibility index (Phi) is 8.30. The van der Waals surface area contributed by atoms with E-state index in [0.29, 0.717) is 6.42 Å². The summed E-state index contributed by atoms with van der Waals surface area (Å²) in [6, 6.07) is 19.7. The highest BCUT2D eigenvalue weighted by atomic mass is 16.3. The Labute approximate surface area is 207 Å². The van der Waals surface area contributed by atoms with Crippen molar-refractivity contribution in [1.82, 2.24) is 10.2 Å². The van der Waals surface area contributed by atoms with Crippen LogP contribution in [-0.2, 0) is 5.41 Å². The highest BCUT2D eigenvalue weighted by Gasteiger charge is 2.37. The van der Waals surface area contributed by atoms with E-state index < -0.39 is 6.10 Å². The molecule has 34 heavy (non-hydrogen) atoms. The van der Waals surface area contributed by atoms with Gasteiger partial charge in [0.2, 0.25) is 0 Å². The van der Waals surface area contributed by atoms with Gasteiger partial charge >= 0.3 is 0 Å². The largest absolute Gasteiger partial charge is 0.388 e. The molecule has 0 bridgehead atoms. The Morgan fingerprint density at radius 1 is 1.15 bits per heavy atom. The number of aliphatic hydroxyl groups is 1. The molecule has 0 saturated carbocycles. The molecule has 3 heteroatoms. The van der Waals surface area contributed by atoms with Crippen molar-refractivity contribution in [2.75, 3.05) is 7.05 Å². The zero-order valence-electron chi connectivity index (χ0n) is 22.1. The van der Waals surface area contributed by atoms with Crippen molar-refractivity contribution < 1.29 is 5.11 Å². The molecule has 1 heterocycles. The number of aliphatic hydroxyl groups excluding tert-OH is 1. The number of nitrogens with zero attached hydrogens (tertiary/aromatic N) is 1. The number of benzene rings is 2. The van der Waals surface area contributed by atoms with E-state index in [1.807, 2.05) is 6.08 Å². The van der Waals surface area contributed by atoms with Gasteiger partial charge in [-0.25, -0.2) is 0 Å². The zero-order chi connectivity index (χ0) is 24.9. The molecule has 1 fully saturated rings. The molecule has 2 aromatic carbocycles. The predicted octanol–water partition coefficient (Wildman–Crippen LogP) is 7.04. The van der Waals surface area contributed by atoms with Crippen LogP contribution in [0.3, 0.4) is 0 Å². The van der Waals surface area contributed by atoms with Crippen LogP contribution in [0, 0.1) is 6.92 Å². The number of hydrogen-bond donors (Lipinski definition) is 2. The standard InChI is InChI=1S/C31H44N2O/c1-8-26(28(34)20-21-31(9-2,10-3)25-18-16-23(4)17-19-25)29-32-27(22-30(5,6)33(29)7)24-14-12-11-13-15-24/h8,11-19,27-28,32,34H,1,9-10,20-22H2,2-7H3/b29-26+/t27-,28?/m0/s1. The van der Waals surface area contributed by atoms with E-state index in [1.165, 1.54) is 16.7 Å². The van der Waals surface area contributed by atoms with Crippen LogP contribution >= 0.6 is 0 Å². The molecule has 1 aliphatic rings. The van der Waals surface area contributed by atoms with E-state index in [1.54, 1.807) is 0 Å². The van der Waals surface area contributed by atoms with Gasteiger partial charge in [-0.3, -0.25) is 0 Å². The fourth-order valence-corrected chi connectivity index (χ4v) is 5.44.